The van der Waals surface area contributed by atoms with E-state index in [0.717, 1.165) is 21.9 Å². The first-order chi connectivity index (χ1) is 9.92. The minimum atomic E-state index is 0.335. The van der Waals surface area contributed by atoms with Gasteiger partial charge in [0.1, 0.15) is 17.2 Å². The molecular weight excluding hydrogens is 286 g/mol. The number of hydrogen-bond donors (Lipinski definition) is 1. The van der Waals surface area contributed by atoms with Crippen molar-refractivity contribution in [2.24, 2.45) is 0 Å². The Morgan fingerprint density at radius 3 is 2.43 bits per heavy atom. The fourth-order valence-corrected chi connectivity index (χ4v) is 2.54. The molecule has 112 valence electrons. The minimum absolute atomic E-state index is 0.335. The monoisotopic (exact) mass is 305 g/mol. The van der Waals surface area contributed by atoms with Gasteiger partial charge >= 0.3 is 0 Å². The normalized spacial score (nSPS) is 10.8. The van der Waals surface area contributed by atoms with Crippen LogP contribution in [0.15, 0.2) is 30.3 Å². The Morgan fingerprint density at radius 1 is 1.10 bits per heavy atom. The molecular formula is C17H20ClNO2. The lowest BCUT2D eigenvalue weighted by Gasteiger charge is -2.15. The maximum Gasteiger partial charge on any atom is 0.145 e. The Balaban J connectivity index is 2.37. The topological polar surface area (TPSA) is 44.5 Å². The van der Waals surface area contributed by atoms with Gasteiger partial charge in [-0.3, -0.25) is 0 Å². The third-order valence-electron chi connectivity index (χ3n) is 3.35. The van der Waals surface area contributed by atoms with E-state index in [1.165, 1.54) is 0 Å². The lowest BCUT2D eigenvalue weighted by atomic mass is 10.0. The molecule has 0 saturated heterocycles. The summed E-state index contributed by atoms with van der Waals surface area (Å²) in [6, 6.07) is 9.29. The molecule has 0 fully saturated rings. The molecule has 0 radical (unpaired) electrons. The Hall–Kier alpha value is -1.87. The third kappa shape index (κ3) is 3.42. The van der Waals surface area contributed by atoms with E-state index in [-0.39, 0.29) is 0 Å². The average Bonchev–Trinajstić information content (AvgIpc) is 2.43. The van der Waals surface area contributed by atoms with Crippen LogP contribution in [-0.2, 0) is 0 Å². The summed E-state index contributed by atoms with van der Waals surface area (Å²) in [6.07, 6.45) is 0. The Kier molecular flexibility index (Phi) is 4.63. The number of methoxy groups -OCH3 is 1. The van der Waals surface area contributed by atoms with Crippen LogP contribution in [0.1, 0.15) is 30.9 Å². The number of benzene rings is 2. The zero-order chi connectivity index (χ0) is 15.6. The molecule has 0 bridgehead atoms. The molecule has 4 heteroatoms. The molecule has 0 atom stereocenters. The van der Waals surface area contributed by atoms with Crippen LogP contribution in [0.5, 0.6) is 17.2 Å². The number of hydrogen-bond acceptors (Lipinski definition) is 3. The highest BCUT2D eigenvalue weighted by Gasteiger charge is 2.11. The summed E-state index contributed by atoms with van der Waals surface area (Å²) in [7, 11) is 1.58. The largest absolute Gasteiger partial charge is 0.494 e. The number of anilines is 1. The zero-order valence-corrected chi connectivity index (χ0v) is 13.5. The maximum atomic E-state index is 6.28. The van der Waals surface area contributed by atoms with E-state index in [0.29, 0.717) is 23.1 Å². The van der Waals surface area contributed by atoms with Crippen LogP contribution < -0.4 is 15.2 Å². The molecule has 0 saturated carbocycles. The van der Waals surface area contributed by atoms with Crippen molar-refractivity contribution in [1.29, 1.82) is 0 Å². The predicted octanol–water partition coefficient (Wildman–Crippen LogP) is 5.15. The highest BCUT2D eigenvalue weighted by atomic mass is 35.5. The minimum Gasteiger partial charge on any atom is -0.494 e. The second-order valence-electron chi connectivity index (χ2n) is 5.30. The van der Waals surface area contributed by atoms with Gasteiger partial charge in [0.25, 0.3) is 0 Å². The highest BCUT2D eigenvalue weighted by Crippen LogP contribution is 2.35. The smallest absolute Gasteiger partial charge is 0.145 e. The fourth-order valence-electron chi connectivity index (χ4n) is 2.10. The van der Waals surface area contributed by atoms with Crippen LogP contribution in [-0.4, -0.2) is 7.11 Å². The van der Waals surface area contributed by atoms with Gasteiger partial charge in [0, 0.05) is 11.1 Å². The van der Waals surface area contributed by atoms with Gasteiger partial charge in [0.15, 0.2) is 0 Å². The van der Waals surface area contributed by atoms with Crippen molar-refractivity contribution in [3.8, 4) is 17.2 Å². The van der Waals surface area contributed by atoms with Gasteiger partial charge in [0.05, 0.1) is 12.8 Å². The van der Waals surface area contributed by atoms with Crippen LogP contribution in [0.4, 0.5) is 5.69 Å². The van der Waals surface area contributed by atoms with E-state index in [2.05, 4.69) is 13.8 Å². The molecule has 0 aliphatic heterocycles. The van der Waals surface area contributed by atoms with Gasteiger partial charge in [-0.25, -0.2) is 0 Å². The first-order valence-electron chi connectivity index (χ1n) is 6.83. The van der Waals surface area contributed by atoms with Crippen molar-refractivity contribution >= 4 is 17.3 Å². The molecule has 0 amide bonds. The zero-order valence-electron chi connectivity index (χ0n) is 12.7. The van der Waals surface area contributed by atoms with Crippen molar-refractivity contribution in [2.75, 3.05) is 12.8 Å². The molecule has 0 unspecified atom stereocenters. The number of nitrogen functional groups attached to an aromatic ring is 1. The van der Waals surface area contributed by atoms with Crippen molar-refractivity contribution in [2.45, 2.75) is 26.7 Å². The van der Waals surface area contributed by atoms with Gasteiger partial charge in [-0.2, -0.15) is 0 Å². The van der Waals surface area contributed by atoms with Crippen molar-refractivity contribution < 1.29 is 9.47 Å². The summed E-state index contributed by atoms with van der Waals surface area (Å²) in [6.45, 7) is 6.18. The molecule has 0 aliphatic rings. The van der Waals surface area contributed by atoms with Crippen LogP contribution in [0.25, 0.3) is 0 Å². The van der Waals surface area contributed by atoms with E-state index < -0.39 is 0 Å². The Labute approximate surface area is 130 Å². The average molecular weight is 306 g/mol. The van der Waals surface area contributed by atoms with Crippen molar-refractivity contribution in [3.05, 3.63) is 46.5 Å². The van der Waals surface area contributed by atoms with Crippen molar-refractivity contribution in [1.82, 2.24) is 0 Å². The van der Waals surface area contributed by atoms with Gasteiger partial charge in [-0.05, 0) is 48.2 Å². The van der Waals surface area contributed by atoms with E-state index in [1.54, 1.807) is 19.2 Å². The van der Waals surface area contributed by atoms with Crippen LogP contribution in [0.3, 0.4) is 0 Å². The number of halogens is 1. The van der Waals surface area contributed by atoms with Crippen LogP contribution in [0, 0.1) is 6.92 Å². The Morgan fingerprint density at radius 2 is 1.81 bits per heavy atom. The maximum absolute atomic E-state index is 6.28. The number of rotatable bonds is 4. The SMILES string of the molecule is COc1cc(Oc2cc(C(C)C)c(Cl)cc2C)ccc1N. The molecule has 0 aliphatic carbocycles. The second-order valence-corrected chi connectivity index (χ2v) is 5.71. The molecule has 0 spiro atoms. The predicted molar refractivity (Wildman–Crippen MR) is 87.8 cm³/mol. The summed E-state index contributed by atoms with van der Waals surface area (Å²) >= 11 is 6.28. The second kappa shape index (κ2) is 6.27. The number of aryl methyl sites for hydroxylation is 1. The van der Waals surface area contributed by atoms with Gasteiger partial charge < -0.3 is 15.2 Å². The highest BCUT2D eigenvalue weighted by molar-refractivity contribution is 6.31. The molecule has 0 aromatic heterocycles. The fraction of sp³-hybridized carbons (Fsp3) is 0.294. The summed E-state index contributed by atoms with van der Waals surface area (Å²) in [5, 5.41) is 0.768. The van der Waals surface area contributed by atoms with Gasteiger partial charge in [-0.15, -0.1) is 0 Å². The lowest BCUT2D eigenvalue weighted by molar-refractivity contribution is 0.411. The first-order valence-corrected chi connectivity index (χ1v) is 7.21. The number of ether oxygens (including phenoxy) is 2. The van der Waals surface area contributed by atoms with E-state index in [4.69, 9.17) is 26.8 Å². The van der Waals surface area contributed by atoms with E-state index >= 15 is 0 Å². The number of nitrogens with two attached hydrogens (primary N) is 1. The summed E-state index contributed by atoms with van der Waals surface area (Å²) < 4.78 is 11.2. The standard InChI is InChI=1S/C17H20ClNO2/c1-10(2)13-9-16(11(3)7-14(13)18)21-12-5-6-15(19)17(8-12)20-4/h5-10H,19H2,1-4H3. The molecule has 3 nitrogen and oxygen atoms in total. The summed E-state index contributed by atoms with van der Waals surface area (Å²) in [5.74, 6) is 2.40. The molecule has 2 rings (SSSR count). The molecule has 0 heterocycles. The van der Waals surface area contributed by atoms with E-state index in [1.807, 2.05) is 25.1 Å². The Bertz CT molecular complexity index is 653. The molecule has 2 aromatic carbocycles. The van der Waals surface area contributed by atoms with Crippen molar-refractivity contribution in [3.63, 3.8) is 0 Å². The van der Waals surface area contributed by atoms with Gasteiger partial charge in [0.2, 0.25) is 0 Å². The summed E-state index contributed by atoms with van der Waals surface area (Å²) in [4.78, 5) is 0. The van der Waals surface area contributed by atoms with Crippen LogP contribution >= 0.6 is 11.6 Å². The molecule has 21 heavy (non-hydrogen) atoms. The van der Waals surface area contributed by atoms with Crippen LogP contribution in [0.2, 0.25) is 5.02 Å². The summed E-state index contributed by atoms with van der Waals surface area (Å²) in [5.41, 5.74) is 8.45. The lowest BCUT2D eigenvalue weighted by Crippen LogP contribution is -1.96. The van der Waals surface area contributed by atoms with Gasteiger partial charge in [-0.1, -0.05) is 25.4 Å². The first kappa shape index (κ1) is 15.5. The third-order valence-corrected chi connectivity index (χ3v) is 3.68. The molecule has 2 aromatic rings. The quantitative estimate of drug-likeness (QED) is 0.794. The van der Waals surface area contributed by atoms with E-state index in [9.17, 15) is 0 Å². The molecule has 2 N–H and O–H groups in total.